The third kappa shape index (κ3) is 3.65. The summed E-state index contributed by atoms with van der Waals surface area (Å²) in [6, 6.07) is 38.0. The molecule has 1 heterocycles. The molecule has 0 spiro atoms. The third-order valence-electron chi connectivity index (χ3n) is 8.35. The Balaban J connectivity index is 1.52. The molecule has 0 aliphatic heterocycles. The first-order valence-corrected chi connectivity index (χ1v) is 14.3. The van der Waals surface area contributed by atoms with Gasteiger partial charge in [-0.2, -0.15) is 0 Å². The molecule has 0 atom stereocenters. The molecule has 9 rings (SSSR count). The minimum atomic E-state index is -0.404. The number of hydrogen-bond donors (Lipinski definition) is 0. The van der Waals surface area contributed by atoms with Crippen molar-refractivity contribution >= 4 is 54.3 Å². The Morgan fingerprint density at radius 1 is 0.419 bits per heavy atom. The summed E-state index contributed by atoms with van der Waals surface area (Å²) in [4.78, 5) is 0. The van der Waals surface area contributed by atoms with Crippen LogP contribution in [0.1, 0.15) is 8.22 Å². The smallest absolute Gasteiger partial charge is 0.136 e. The van der Waals surface area contributed by atoms with Crippen molar-refractivity contribution in [3.05, 3.63) is 158 Å². The van der Waals surface area contributed by atoms with Gasteiger partial charge in [0.15, 0.2) is 0 Å². The molecular weight excluding hydrogens is 520 g/mol. The summed E-state index contributed by atoms with van der Waals surface area (Å²) in [7, 11) is 0. The topological polar surface area (TPSA) is 13.1 Å². The predicted molar refractivity (Wildman–Crippen MR) is 183 cm³/mol. The lowest BCUT2D eigenvalue weighted by atomic mass is 9.83. The van der Waals surface area contributed by atoms with Gasteiger partial charge in [0.1, 0.15) is 11.2 Å². The summed E-state index contributed by atoms with van der Waals surface area (Å²) in [6.07, 6.45) is 0. The van der Waals surface area contributed by atoms with E-state index in [1.165, 1.54) is 0 Å². The van der Waals surface area contributed by atoms with E-state index in [0.717, 1.165) is 54.6 Å². The lowest BCUT2D eigenvalue weighted by molar-refractivity contribution is 0.669. The van der Waals surface area contributed by atoms with Gasteiger partial charge in [0.2, 0.25) is 0 Å². The average Bonchev–Trinajstić information content (AvgIpc) is 3.52. The van der Waals surface area contributed by atoms with Crippen molar-refractivity contribution in [2.45, 2.75) is 0 Å². The lowest BCUT2D eigenvalue weighted by Crippen LogP contribution is -1.93. The van der Waals surface area contributed by atoms with Gasteiger partial charge < -0.3 is 4.42 Å². The monoisotopic (exact) mass is 552 g/mol. The minimum Gasteiger partial charge on any atom is -0.456 e. The van der Waals surface area contributed by atoms with E-state index in [4.69, 9.17) is 9.90 Å². The van der Waals surface area contributed by atoms with Crippen molar-refractivity contribution < 1.29 is 12.6 Å². The highest BCUT2D eigenvalue weighted by Gasteiger charge is 2.21. The molecule has 1 aromatic heterocycles. The van der Waals surface area contributed by atoms with E-state index >= 15 is 0 Å². The highest BCUT2D eigenvalue weighted by molar-refractivity contribution is 6.27. The van der Waals surface area contributed by atoms with Crippen LogP contribution in [-0.2, 0) is 0 Å². The first-order chi connectivity index (χ1) is 23.9. The van der Waals surface area contributed by atoms with E-state index in [-0.39, 0.29) is 34.9 Å². The van der Waals surface area contributed by atoms with Crippen LogP contribution < -0.4 is 0 Å². The normalized spacial score (nSPS) is 13.7. The first-order valence-electron chi connectivity index (χ1n) is 17.3. The summed E-state index contributed by atoms with van der Waals surface area (Å²) in [5.74, 6) is 0. The number of para-hydroxylation sites is 1. The molecule has 200 valence electrons. The van der Waals surface area contributed by atoms with Crippen LogP contribution in [0.15, 0.2) is 162 Å². The van der Waals surface area contributed by atoms with Crippen LogP contribution >= 0.6 is 0 Å². The molecule has 1 heteroatoms. The molecule has 43 heavy (non-hydrogen) atoms. The Morgan fingerprint density at radius 3 is 1.72 bits per heavy atom. The molecule has 0 saturated heterocycles. The highest BCUT2D eigenvalue weighted by Crippen LogP contribution is 2.48. The zero-order valence-corrected chi connectivity index (χ0v) is 23.0. The summed E-state index contributed by atoms with van der Waals surface area (Å²) in [5.41, 5.74) is 5.62. The molecule has 8 aromatic carbocycles. The second-order valence-corrected chi connectivity index (χ2v) is 10.7. The van der Waals surface area contributed by atoms with Gasteiger partial charge >= 0.3 is 0 Å². The summed E-state index contributed by atoms with van der Waals surface area (Å²) in [5, 5.41) is 5.82. The molecule has 0 N–H and O–H groups in total. The van der Waals surface area contributed by atoms with Gasteiger partial charge in [0.25, 0.3) is 0 Å². The quantitative estimate of drug-likeness (QED) is 0.199. The van der Waals surface area contributed by atoms with Crippen LogP contribution in [0.5, 0.6) is 0 Å². The molecule has 0 saturated carbocycles. The SMILES string of the molecule is [2H]c1c([2H])c([2H])c2c(-c3c4ccccc4c(-c4cccc5oc6ccccc6c45)c4ccccc34)c([2H])c(-c3ccccc3)c([2H])c2c1[2H]. The van der Waals surface area contributed by atoms with Crippen LogP contribution in [0.25, 0.3) is 87.6 Å². The molecule has 0 radical (unpaired) electrons. The minimum absolute atomic E-state index is 0.0414. The van der Waals surface area contributed by atoms with Gasteiger partial charge in [-0.05, 0) is 89.9 Å². The van der Waals surface area contributed by atoms with Crippen LogP contribution in [0.2, 0.25) is 0 Å². The molecule has 0 fully saturated rings. The molecule has 0 aliphatic carbocycles. The van der Waals surface area contributed by atoms with E-state index in [0.29, 0.717) is 22.3 Å². The molecule has 0 amide bonds. The van der Waals surface area contributed by atoms with E-state index in [1.54, 1.807) is 0 Å². The molecule has 0 aliphatic rings. The van der Waals surface area contributed by atoms with Crippen molar-refractivity contribution in [2.24, 2.45) is 0 Å². The number of benzene rings is 8. The van der Waals surface area contributed by atoms with E-state index in [9.17, 15) is 2.74 Å². The molecule has 0 unspecified atom stereocenters. The Morgan fingerprint density at radius 2 is 1.00 bits per heavy atom. The van der Waals surface area contributed by atoms with Gasteiger partial charge in [-0.3, -0.25) is 0 Å². The average molecular weight is 553 g/mol. The van der Waals surface area contributed by atoms with Crippen molar-refractivity contribution in [2.75, 3.05) is 0 Å². The third-order valence-corrected chi connectivity index (χ3v) is 8.35. The maximum absolute atomic E-state index is 9.80. The Kier molecular flexibility index (Phi) is 4.11. The van der Waals surface area contributed by atoms with Crippen LogP contribution in [0.3, 0.4) is 0 Å². The zero-order valence-electron chi connectivity index (χ0n) is 29.0. The second-order valence-electron chi connectivity index (χ2n) is 10.7. The summed E-state index contributed by atoms with van der Waals surface area (Å²) >= 11 is 0. The zero-order chi connectivity index (χ0) is 33.6. The molecule has 9 aromatic rings. The van der Waals surface area contributed by atoms with Gasteiger partial charge in [-0.25, -0.2) is 0 Å². The molecule has 0 bridgehead atoms. The van der Waals surface area contributed by atoms with Gasteiger partial charge in [0.05, 0.1) is 8.22 Å². The van der Waals surface area contributed by atoms with Crippen LogP contribution in [0, 0.1) is 0 Å². The maximum atomic E-state index is 9.80. The summed E-state index contributed by atoms with van der Waals surface area (Å²) < 4.78 is 60.7. The van der Waals surface area contributed by atoms with Crippen LogP contribution in [0.4, 0.5) is 0 Å². The standard InChI is InChI=1S/C42H26O/c1-2-13-27(14-3-1)29-25-28-15-4-5-16-30(28)37(26-29)41-33-19-8-6-17-31(33)40(32-18-7-9-20-34(32)41)36-22-12-24-39-42(36)35-21-10-11-23-38(35)43-39/h1-26H/i4D,5D,15D,16D,25D,26D. The fourth-order valence-electron chi connectivity index (χ4n) is 6.55. The fraction of sp³-hybridized carbons (Fsp3) is 0. The molecular formula is C42H26O. The Labute approximate surface area is 257 Å². The van der Waals surface area contributed by atoms with Gasteiger partial charge in [-0.1, -0.05) is 133 Å². The lowest BCUT2D eigenvalue weighted by Gasteiger charge is -2.20. The molecule has 1 nitrogen and oxygen atoms in total. The number of rotatable bonds is 3. The van der Waals surface area contributed by atoms with E-state index in [1.807, 2.05) is 97.1 Å². The fourth-order valence-corrected chi connectivity index (χ4v) is 6.55. The largest absolute Gasteiger partial charge is 0.456 e. The second kappa shape index (κ2) is 9.44. The van der Waals surface area contributed by atoms with E-state index in [2.05, 4.69) is 24.3 Å². The number of hydrogen-bond acceptors (Lipinski definition) is 1. The van der Waals surface area contributed by atoms with Gasteiger partial charge in [0, 0.05) is 10.8 Å². The first kappa shape index (κ1) is 18.7. The number of fused-ring (bicyclic) bond motifs is 6. The van der Waals surface area contributed by atoms with Crippen molar-refractivity contribution in [3.63, 3.8) is 0 Å². The number of furan rings is 1. The highest BCUT2D eigenvalue weighted by atomic mass is 16.3. The van der Waals surface area contributed by atoms with Gasteiger partial charge in [-0.15, -0.1) is 0 Å². The Hall–Kier alpha value is -5.66. The van der Waals surface area contributed by atoms with E-state index < -0.39 is 12.1 Å². The maximum Gasteiger partial charge on any atom is 0.136 e. The van der Waals surface area contributed by atoms with Crippen molar-refractivity contribution in [1.82, 2.24) is 0 Å². The summed E-state index contributed by atoms with van der Waals surface area (Å²) in [6.45, 7) is 0. The van der Waals surface area contributed by atoms with Crippen molar-refractivity contribution in [3.8, 4) is 33.4 Å². The van der Waals surface area contributed by atoms with Crippen molar-refractivity contribution in [1.29, 1.82) is 0 Å². The van der Waals surface area contributed by atoms with Crippen LogP contribution in [-0.4, -0.2) is 0 Å². The predicted octanol–water partition coefficient (Wildman–Crippen LogP) is 12.0. The Bertz CT molecular complexity index is 2780.